The van der Waals surface area contributed by atoms with Gasteiger partial charge in [0, 0.05) is 28.6 Å². The summed E-state index contributed by atoms with van der Waals surface area (Å²) in [4.78, 5) is 5.59. The van der Waals surface area contributed by atoms with Crippen LogP contribution in [0.2, 0.25) is 5.02 Å². The smallest absolute Gasteiger partial charge is 0.0797 e. The normalized spacial score (nSPS) is 10.5. The van der Waals surface area contributed by atoms with Gasteiger partial charge < -0.3 is 5.32 Å². The van der Waals surface area contributed by atoms with E-state index in [0.717, 1.165) is 29.4 Å². The molecule has 0 aliphatic heterocycles. The van der Waals surface area contributed by atoms with Crippen LogP contribution in [-0.2, 0) is 6.42 Å². The number of rotatable bonds is 4. The van der Waals surface area contributed by atoms with Gasteiger partial charge in [-0.15, -0.1) is 11.3 Å². The van der Waals surface area contributed by atoms with Gasteiger partial charge in [-0.25, -0.2) is 4.98 Å². The Kier molecular flexibility index (Phi) is 4.02. The number of halogens is 1. The average Bonchev–Trinajstić information content (AvgIpc) is 2.70. The Morgan fingerprint density at radius 2 is 2.18 bits per heavy atom. The third-order valence-electron chi connectivity index (χ3n) is 2.71. The second-order valence-corrected chi connectivity index (χ2v) is 5.37. The van der Waals surface area contributed by atoms with Crippen LogP contribution in [0.4, 0.5) is 5.69 Å². The molecule has 0 atom stereocenters. The number of aromatic nitrogens is 1. The minimum Gasteiger partial charge on any atom is -0.384 e. The molecule has 0 spiro atoms. The Bertz CT molecular complexity index is 508. The van der Waals surface area contributed by atoms with Crippen molar-refractivity contribution in [1.82, 2.24) is 4.98 Å². The molecule has 1 heterocycles. The molecule has 0 aliphatic carbocycles. The molecule has 2 nitrogen and oxygen atoms in total. The van der Waals surface area contributed by atoms with Gasteiger partial charge in [0.25, 0.3) is 0 Å². The highest BCUT2D eigenvalue weighted by Crippen LogP contribution is 2.20. The molecular formula is C13H15ClN2S. The lowest BCUT2D eigenvalue weighted by Gasteiger charge is -2.09. The first-order valence-electron chi connectivity index (χ1n) is 5.56. The largest absolute Gasteiger partial charge is 0.384 e. The first kappa shape index (κ1) is 12.4. The minimum atomic E-state index is 0.770. The zero-order chi connectivity index (χ0) is 12.3. The fourth-order valence-corrected chi connectivity index (χ4v) is 2.61. The van der Waals surface area contributed by atoms with Crippen molar-refractivity contribution in [2.75, 3.05) is 11.9 Å². The summed E-state index contributed by atoms with van der Waals surface area (Å²) in [6.45, 7) is 5.04. The second-order valence-electron chi connectivity index (χ2n) is 4.00. The van der Waals surface area contributed by atoms with E-state index in [1.165, 1.54) is 10.4 Å². The van der Waals surface area contributed by atoms with Crippen LogP contribution in [0.15, 0.2) is 23.7 Å². The summed E-state index contributed by atoms with van der Waals surface area (Å²) in [5, 5.41) is 4.18. The highest BCUT2D eigenvalue weighted by molar-refractivity contribution is 7.09. The quantitative estimate of drug-likeness (QED) is 0.902. The Balaban J connectivity index is 1.94. The zero-order valence-electron chi connectivity index (χ0n) is 9.96. The molecule has 0 fully saturated rings. The van der Waals surface area contributed by atoms with E-state index in [-0.39, 0.29) is 0 Å². The zero-order valence-corrected chi connectivity index (χ0v) is 11.5. The lowest BCUT2D eigenvalue weighted by atomic mass is 10.2. The van der Waals surface area contributed by atoms with Crippen LogP contribution in [0, 0.1) is 13.8 Å². The third-order valence-corrected chi connectivity index (χ3v) is 3.94. The number of aryl methyl sites for hydroxylation is 2. The number of anilines is 1. The van der Waals surface area contributed by atoms with Gasteiger partial charge in [0.2, 0.25) is 0 Å². The molecule has 0 radical (unpaired) electrons. The molecule has 2 rings (SSSR count). The predicted molar refractivity (Wildman–Crippen MR) is 75.2 cm³/mol. The molecule has 0 unspecified atom stereocenters. The van der Waals surface area contributed by atoms with E-state index in [1.807, 2.05) is 23.7 Å². The van der Waals surface area contributed by atoms with E-state index in [0.29, 0.717) is 0 Å². The summed E-state index contributed by atoms with van der Waals surface area (Å²) < 4.78 is 0. The van der Waals surface area contributed by atoms with Gasteiger partial charge in [0.1, 0.15) is 0 Å². The molecule has 0 bridgehead atoms. The van der Waals surface area contributed by atoms with Gasteiger partial charge in [-0.3, -0.25) is 0 Å². The van der Waals surface area contributed by atoms with E-state index in [9.17, 15) is 0 Å². The number of benzene rings is 1. The van der Waals surface area contributed by atoms with Crippen LogP contribution in [-0.4, -0.2) is 11.5 Å². The maximum absolute atomic E-state index is 5.97. The number of nitrogens with zero attached hydrogens (tertiary/aromatic N) is 1. The van der Waals surface area contributed by atoms with E-state index in [1.54, 1.807) is 11.3 Å². The highest BCUT2D eigenvalue weighted by atomic mass is 35.5. The van der Waals surface area contributed by atoms with E-state index >= 15 is 0 Å². The molecule has 0 saturated heterocycles. The Hall–Kier alpha value is -1.06. The molecule has 1 N–H and O–H groups in total. The SMILES string of the molecule is Cc1ccc(Cl)cc1NCCc1scnc1C. The van der Waals surface area contributed by atoms with Crippen molar-refractivity contribution in [1.29, 1.82) is 0 Å². The number of hydrogen-bond acceptors (Lipinski definition) is 3. The van der Waals surface area contributed by atoms with E-state index < -0.39 is 0 Å². The summed E-state index contributed by atoms with van der Waals surface area (Å²) in [7, 11) is 0. The van der Waals surface area contributed by atoms with Crippen LogP contribution in [0.3, 0.4) is 0 Å². The Morgan fingerprint density at radius 3 is 2.88 bits per heavy atom. The van der Waals surface area contributed by atoms with Crippen molar-refractivity contribution in [2.24, 2.45) is 0 Å². The third kappa shape index (κ3) is 3.20. The second kappa shape index (κ2) is 5.52. The van der Waals surface area contributed by atoms with Crippen molar-refractivity contribution in [3.05, 3.63) is 44.9 Å². The topological polar surface area (TPSA) is 24.9 Å². The lowest BCUT2D eigenvalue weighted by molar-refractivity contribution is 1.01. The van der Waals surface area contributed by atoms with Crippen molar-refractivity contribution in [3.63, 3.8) is 0 Å². The van der Waals surface area contributed by atoms with Gasteiger partial charge in [-0.1, -0.05) is 17.7 Å². The maximum atomic E-state index is 5.97. The summed E-state index contributed by atoms with van der Waals surface area (Å²) in [5.74, 6) is 0. The molecule has 17 heavy (non-hydrogen) atoms. The molecule has 0 amide bonds. The van der Waals surface area contributed by atoms with Crippen LogP contribution in [0.5, 0.6) is 0 Å². The fraction of sp³-hybridized carbons (Fsp3) is 0.308. The number of thiazole rings is 1. The minimum absolute atomic E-state index is 0.770. The Labute approximate surface area is 111 Å². The summed E-state index contributed by atoms with van der Waals surface area (Å²) in [6, 6.07) is 5.91. The van der Waals surface area contributed by atoms with Gasteiger partial charge in [-0.05, 0) is 31.5 Å². The van der Waals surface area contributed by atoms with Crippen molar-refractivity contribution < 1.29 is 0 Å². The first-order valence-corrected chi connectivity index (χ1v) is 6.81. The molecule has 4 heteroatoms. The molecule has 0 saturated carbocycles. The molecule has 2 aromatic rings. The molecule has 1 aromatic carbocycles. The van der Waals surface area contributed by atoms with Crippen molar-refractivity contribution in [3.8, 4) is 0 Å². The summed E-state index contributed by atoms with van der Waals surface area (Å²) in [6.07, 6.45) is 1.00. The fourth-order valence-electron chi connectivity index (χ4n) is 1.66. The van der Waals surface area contributed by atoms with Gasteiger partial charge in [0.15, 0.2) is 0 Å². The molecule has 1 aromatic heterocycles. The summed E-state index contributed by atoms with van der Waals surface area (Å²) in [5.41, 5.74) is 5.37. The lowest BCUT2D eigenvalue weighted by Crippen LogP contribution is -2.05. The van der Waals surface area contributed by atoms with Crippen LogP contribution in [0.1, 0.15) is 16.1 Å². The summed E-state index contributed by atoms with van der Waals surface area (Å²) >= 11 is 7.69. The molecule has 0 aliphatic rings. The highest BCUT2D eigenvalue weighted by Gasteiger charge is 2.02. The molecule has 90 valence electrons. The van der Waals surface area contributed by atoms with Crippen LogP contribution >= 0.6 is 22.9 Å². The standard InChI is InChI=1S/C13H15ClN2S/c1-9-3-4-11(14)7-12(9)15-6-5-13-10(2)16-8-17-13/h3-4,7-8,15H,5-6H2,1-2H3. The van der Waals surface area contributed by atoms with Gasteiger partial charge >= 0.3 is 0 Å². The van der Waals surface area contributed by atoms with Gasteiger partial charge in [-0.2, -0.15) is 0 Å². The first-order chi connectivity index (χ1) is 8.16. The van der Waals surface area contributed by atoms with E-state index in [2.05, 4.69) is 24.1 Å². The average molecular weight is 267 g/mol. The predicted octanol–water partition coefficient (Wildman–Crippen LogP) is 4.07. The number of hydrogen-bond donors (Lipinski definition) is 1. The van der Waals surface area contributed by atoms with E-state index in [4.69, 9.17) is 11.6 Å². The molecular weight excluding hydrogens is 252 g/mol. The van der Waals surface area contributed by atoms with Crippen molar-refractivity contribution in [2.45, 2.75) is 20.3 Å². The number of nitrogens with one attached hydrogen (secondary N) is 1. The van der Waals surface area contributed by atoms with Crippen molar-refractivity contribution >= 4 is 28.6 Å². The van der Waals surface area contributed by atoms with Crippen LogP contribution in [0.25, 0.3) is 0 Å². The van der Waals surface area contributed by atoms with Crippen LogP contribution < -0.4 is 5.32 Å². The maximum Gasteiger partial charge on any atom is 0.0797 e. The van der Waals surface area contributed by atoms with Gasteiger partial charge in [0.05, 0.1) is 11.2 Å². The Morgan fingerprint density at radius 1 is 1.35 bits per heavy atom. The monoisotopic (exact) mass is 266 g/mol.